The number of benzene rings is 1. The number of aromatic nitrogens is 1. The minimum atomic E-state index is -0.318. The first-order valence-corrected chi connectivity index (χ1v) is 5.16. The number of ether oxygens (including phenoxy) is 2. The molecule has 0 fully saturated rings. The van der Waals surface area contributed by atoms with Crippen molar-refractivity contribution >= 4 is 0 Å². The zero-order valence-corrected chi connectivity index (χ0v) is 9.39. The third-order valence-corrected chi connectivity index (χ3v) is 2.17. The molecular weight excluding hydrogens is 221 g/mol. The molecule has 2 aromatic rings. The van der Waals surface area contributed by atoms with Gasteiger partial charge in [0.25, 0.3) is 0 Å². The van der Waals surface area contributed by atoms with Crippen LogP contribution < -0.4 is 9.47 Å². The Morgan fingerprint density at radius 3 is 2.76 bits per heavy atom. The van der Waals surface area contributed by atoms with Gasteiger partial charge in [0.2, 0.25) is 5.88 Å². The highest BCUT2D eigenvalue weighted by atomic mass is 19.1. The Balaban J connectivity index is 2.02. The van der Waals surface area contributed by atoms with E-state index in [1.807, 2.05) is 12.1 Å². The van der Waals surface area contributed by atoms with Crippen LogP contribution in [0.25, 0.3) is 0 Å². The van der Waals surface area contributed by atoms with Crippen molar-refractivity contribution in [2.45, 2.75) is 6.61 Å². The van der Waals surface area contributed by atoms with Crippen LogP contribution in [0.4, 0.5) is 4.39 Å². The van der Waals surface area contributed by atoms with Crippen molar-refractivity contribution in [2.24, 2.45) is 0 Å². The number of nitrogens with zero attached hydrogens (tertiary/aromatic N) is 1. The lowest BCUT2D eigenvalue weighted by atomic mass is 10.3. The number of rotatable bonds is 4. The predicted octanol–water partition coefficient (Wildman–Crippen LogP) is 2.81. The molecule has 0 atom stereocenters. The van der Waals surface area contributed by atoms with Crippen LogP contribution in [0.15, 0.2) is 42.5 Å². The van der Waals surface area contributed by atoms with E-state index in [-0.39, 0.29) is 12.4 Å². The predicted molar refractivity (Wildman–Crippen MR) is 61.5 cm³/mol. The molecule has 1 aromatic heterocycles. The summed E-state index contributed by atoms with van der Waals surface area (Å²) in [4.78, 5) is 4.19. The van der Waals surface area contributed by atoms with Gasteiger partial charge in [-0.25, -0.2) is 9.37 Å². The average Bonchev–Trinajstić information content (AvgIpc) is 2.37. The maximum Gasteiger partial charge on any atom is 0.213 e. The van der Waals surface area contributed by atoms with Gasteiger partial charge >= 0.3 is 0 Å². The lowest BCUT2D eigenvalue weighted by molar-refractivity contribution is 0.296. The standard InChI is InChI=1S/C13H12FNO2/c1-16-13-7-3-5-11(15-13)9-17-12-6-2-4-10(14)8-12/h2-8H,9H2,1H3. The number of methoxy groups -OCH3 is 1. The van der Waals surface area contributed by atoms with E-state index < -0.39 is 0 Å². The highest BCUT2D eigenvalue weighted by molar-refractivity contribution is 5.23. The maximum absolute atomic E-state index is 12.9. The van der Waals surface area contributed by atoms with E-state index in [1.54, 1.807) is 25.3 Å². The molecule has 1 aromatic carbocycles. The Kier molecular flexibility index (Phi) is 3.55. The molecule has 0 bridgehead atoms. The summed E-state index contributed by atoms with van der Waals surface area (Å²) in [7, 11) is 1.56. The van der Waals surface area contributed by atoms with E-state index in [4.69, 9.17) is 9.47 Å². The molecule has 0 aliphatic carbocycles. The maximum atomic E-state index is 12.9. The van der Waals surface area contributed by atoms with Gasteiger partial charge in [0.05, 0.1) is 12.8 Å². The highest BCUT2D eigenvalue weighted by Crippen LogP contribution is 2.14. The summed E-state index contributed by atoms with van der Waals surface area (Å²) in [5.41, 5.74) is 0.730. The van der Waals surface area contributed by atoms with E-state index in [0.29, 0.717) is 11.6 Å². The van der Waals surface area contributed by atoms with Crippen molar-refractivity contribution in [3.05, 3.63) is 54.0 Å². The van der Waals surface area contributed by atoms with Gasteiger partial charge in [-0.1, -0.05) is 12.1 Å². The molecule has 88 valence electrons. The molecule has 2 rings (SSSR count). The van der Waals surface area contributed by atoms with Gasteiger partial charge in [-0.2, -0.15) is 0 Å². The molecule has 4 heteroatoms. The van der Waals surface area contributed by atoms with Gasteiger partial charge in [-0.05, 0) is 18.2 Å². The largest absolute Gasteiger partial charge is 0.487 e. The lowest BCUT2D eigenvalue weighted by Gasteiger charge is -2.06. The number of hydrogen-bond acceptors (Lipinski definition) is 3. The van der Waals surface area contributed by atoms with Crippen molar-refractivity contribution in [3.63, 3.8) is 0 Å². The van der Waals surface area contributed by atoms with E-state index >= 15 is 0 Å². The SMILES string of the molecule is COc1cccc(COc2cccc(F)c2)n1. The van der Waals surface area contributed by atoms with Crippen molar-refractivity contribution in [1.82, 2.24) is 4.98 Å². The van der Waals surface area contributed by atoms with E-state index in [0.717, 1.165) is 5.69 Å². The minimum Gasteiger partial charge on any atom is -0.487 e. The first kappa shape index (κ1) is 11.4. The Hall–Kier alpha value is -2.10. The fraction of sp³-hybridized carbons (Fsp3) is 0.154. The van der Waals surface area contributed by atoms with Crippen LogP contribution in [0.5, 0.6) is 11.6 Å². The van der Waals surface area contributed by atoms with Gasteiger partial charge in [0, 0.05) is 12.1 Å². The van der Waals surface area contributed by atoms with Crippen molar-refractivity contribution in [3.8, 4) is 11.6 Å². The van der Waals surface area contributed by atoms with Crippen LogP contribution in [-0.2, 0) is 6.61 Å². The first-order chi connectivity index (χ1) is 8.28. The second-order valence-corrected chi connectivity index (χ2v) is 3.42. The Morgan fingerprint density at radius 1 is 1.18 bits per heavy atom. The smallest absolute Gasteiger partial charge is 0.213 e. The molecule has 1 heterocycles. The van der Waals surface area contributed by atoms with E-state index in [1.165, 1.54) is 12.1 Å². The molecular formula is C13H12FNO2. The van der Waals surface area contributed by atoms with Crippen LogP contribution in [0.1, 0.15) is 5.69 Å². The summed E-state index contributed by atoms with van der Waals surface area (Å²) in [6, 6.07) is 11.4. The minimum absolute atomic E-state index is 0.278. The van der Waals surface area contributed by atoms with Crippen molar-refractivity contribution in [2.75, 3.05) is 7.11 Å². The van der Waals surface area contributed by atoms with Crippen LogP contribution in [0, 0.1) is 5.82 Å². The fourth-order valence-electron chi connectivity index (χ4n) is 1.37. The quantitative estimate of drug-likeness (QED) is 0.813. The van der Waals surface area contributed by atoms with E-state index in [2.05, 4.69) is 4.98 Å². The second-order valence-electron chi connectivity index (χ2n) is 3.42. The molecule has 0 radical (unpaired) electrons. The van der Waals surface area contributed by atoms with Gasteiger partial charge < -0.3 is 9.47 Å². The molecule has 0 aliphatic heterocycles. The second kappa shape index (κ2) is 5.30. The Labute approximate surface area is 98.8 Å². The third-order valence-electron chi connectivity index (χ3n) is 2.17. The molecule has 3 nitrogen and oxygen atoms in total. The summed E-state index contributed by atoms with van der Waals surface area (Å²) in [5.74, 6) is 0.695. The van der Waals surface area contributed by atoms with Crippen molar-refractivity contribution in [1.29, 1.82) is 0 Å². The third kappa shape index (κ3) is 3.17. The summed E-state index contributed by atoms with van der Waals surface area (Å²) < 4.78 is 23.3. The topological polar surface area (TPSA) is 31.4 Å². The monoisotopic (exact) mass is 233 g/mol. The first-order valence-electron chi connectivity index (χ1n) is 5.16. The fourth-order valence-corrected chi connectivity index (χ4v) is 1.37. The molecule has 0 N–H and O–H groups in total. The molecule has 0 amide bonds. The van der Waals surface area contributed by atoms with Crippen LogP contribution in [0.2, 0.25) is 0 Å². The Morgan fingerprint density at radius 2 is 2.00 bits per heavy atom. The average molecular weight is 233 g/mol. The molecule has 0 spiro atoms. The summed E-state index contributed by atoms with van der Waals surface area (Å²) >= 11 is 0. The molecule has 0 saturated heterocycles. The van der Waals surface area contributed by atoms with Crippen LogP contribution >= 0.6 is 0 Å². The summed E-state index contributed by atoms with van der Waals surface area (Å²) in [5, 5.41) is 0. The number of hydrogen-bond donors (Lipinski definition) is 0. The zero-order valence-electron chi connectivity index (χ0n) is 9.39. The normalized spacial score (nSPS) is 10.0. The number of pyridine rings is 1. The number of halogens is 1. The molecule has 0 aliphatic rings. The van der Waals surface area contributed by atoms with Gasteiger partial charge in [-0.15, -0.1) is 0 Å². The summed E-state index contributed by atoms with van der Waals surface area (Å²) in [6.45, 7) is 0.278. The van der Waals surface area contributed by atoms with E-state index in [9.17, 15) is 4.39 Å². The van der Waals surface area contributed by atoms with Crippen LogP contribution in [-0.4, -0.2) is 12.1 Å². The summed E-state index contributed by atoms with van der Waals surface area (Å²) in [6.07, 6.45) is 0. The van der Waals surface area contributed by atoms with Gasteiger partial charge in [0.1, 0.15) is 18.2 Å². The lowest BCUT2D eigenvalue weighted by Crippen LogP contribution is -1.99. The van der Waals surface area contributed by atoms with Crippen molar-refractivity contribution < 1.29 is 13.9 Å². The van der Waals surface area contributed by atoms with Gasteiger partial charge in [-0.3, -0.25) is 0 Å². The molecule has 0 saturated carbocycles. The molecule has 17 heavy (non-hydrogen) atoms. The Bertz CT molecular complexity index is 502. The van der Waals surface area contributed by atoms with Gasteiger partial charge in [0.15, 0.2) is 0 Å². The van der Waals surface area contributed by atoms with Crippen LogP contribution in [0.3, 0.4) is 0 Å². The zero-order chi connectivity index (χ0) is 12.1. The highest BCUT2D eigenvalue weighted by Gasteiger charge is 2.00. The molecule has 0 unspecified atom stereocenters.